The largest absolute Gasteiger partial charge is 0.433 e. The maximum Gasteiger partial charge on any atom is 0.433 e. The van der Waals surface area contributed by atoms with E-state index in [-0.39, 0.29) is 17.5 Å². The van der Waals surface area contributed by atoms with Gasteiger partial charge < -0.3 is 10.4 Å². The molecule has 154 valence electrons. The Balaban J connectivity index is 2.06. The molecule has 1 atom stereocenters. The molecular formula is C19H13F7N2O. The van der Waals surface area contributed by atoms with Crippen molar-refractivity contribution in [1.29, 1.82) is 0 Å². The first-order valence-corrected chi connectivity index (χ1v) is 8.22. The van der Waals surface area contributed by atoms with Crippen LogP contribution in [-0.4, -0.2) is 16.6 Å². The third kappa shape index (κ3) is 4.58. The molecule has 0 bridgehead atoms. The summed E-state index contributed by atoms with van der Waals surface area (Å²) >= 11 is 0. The van der Waals surface area contributed by atoms with E-state index in [0.29, 0.717) is 17.8 Å². The van der Waals surface area contributed by atoms with Gasteiger partial charge in [0.1, 0.15) is 11.5 Å². The van der Waals surface area contributed by atoms with Gasteiger partial charge in [-0.2, -0.15) is 26.3 Å². The van der Waals surface area contributed by atoms with E-state index >= 15 is 0 Å². The lowest BCUT2D eigenvalue weighted by molar-refractivity contribution is -0.142. The zero-order chi connectivity index (χ0) is 21.4. The SMILES string of the molecule is O[C@H](CNc1ccc(F)cc1)c1cc(C(F)(F)F)nc2c(C(F)(F)F)cccc12. The van der Waals surface area contributed by atoms with Crippen molar-refractivity contribution in [1.82, 2.24) is 4.98 Å². The second-order valence-corrected chi connectivity index (χ2v) is 6.20. The summed E-state index contributed by atoms with van der Waals surface area (Å²) in [7, 11) is 0. The highest BCUT2D eigenvalue weighted by atomic mass is 19.4. The summed E-state index contributed by atoms with van der Waals surface area (Å²) in [5.41, 5.74) is -3.76. The quantitative estimate of drug-likeness (QED) is 0.546. The number of aliphatic hydroxyl groups is 1. The number of aliphatic hydroxyl groups excluding tert-OH is 1. The van der Waals surface area contributed by atoms with Crippen LogP contribution in [0.4, 0.5) is 36.4 Å². The average molecular weight is 418 g/mol. The minimum atomic E-state index is -5.01. The Kier molecular flexibility index (Phi) is 5.40. The molecule has 2 N–H and O–H groups in total. The van der Waals surface area contributed by atoms with Gasteiger partial charge in [-0.1, -0.05) is 12.1 Å². The number of hydrogen-bond acceptors (Lipinski definition) is 3. The number of fused-ring (bicyclic) bond motifs is 1. The number of alkyl halides is 6. The highest BCUT2D eigenvalue weighted by Gasteiger charge is 2.37. The molecular weight excluding hydrogens is 405 g/mol. The van der Waals surface area contributed by atoms with Gasteiger partial charge in [0, 0.05) is 17.6 Å². The summed E-state index contributed by atoms with van der Waals surface area (Å²) in [6.45, 7) is -0.321. The molecule has 3 nitrogen and oxygen atoms in total. The molecule has 0 saturated heterocycles. The smallest absolute Gasteiger partial charge is 0.387 e. The number of anilines is 1. The van der Waals surface area contributed by atoms with Crippen LogP contribution in [-0.2, 0) is 12.4 Å². The number of nitrogens with zero attached hydrogens (tertiary/aromatic N) is 1. The standard InChI is InChI=1S/C19H13F7N2O/c20-10-4-6-11(7-5-10)27-9-15(29)13-8-16(19(24,25)26)28-17-12(13)2-1-3-14(17)18(21,22)23/h1-8,15,27,29H,9H2/t15-/m1/s1. The van der Waals surface area contributed by atoms with E-state index in [4.69, 9.17) is 0 Å². The molecule has 0 spiro atoms. The summed E-state index contributed by atoms with van der Waals surface area (Å²) in [5, 5.41) is 12.9. The Labute approximate surface area is 159 Å². The Bertz CT molecular complexity index is 1010. The van der Waals surface area contributed by atoms with Gasteiger partial charge in [-0.05, 0) is 42.0 Å². The van der Waals surface area contributed by atoms with Gasteiger partial charge >= 0.3 is 12.4 Å². The van der Waals surface area contributed by atoms with E-state index in [0.717, 1.165) is 24.3 Å². The van der Waals surface area contributed by atoms with E-state index in [1.54, 1.807) is 0 Å². The molecule has 3 aromatic rings. The van der Waals surface area contributed by atoms with Gasteiger partial charge in [-0.3, -0.25) is 0 Å². The maximum absolute atomic E-state index is 13.3. The summed E-state index contributed by atoms with van der Waals surface area (Å²) in [4.78, 5) is 3.17. The van der Waals surface area contributed by atoms with Crippen molar-refractivity contribution in [2.75, 3.05) is 11.9 Å². The van der Waals surface area contributed by atoms with Gasteiger partial charge in [0.2, 0.25) is 0 Å². The van der Waals surface area contributed by atoms with E-state index in [1.165, 1.54) is 12.1 Å². The normalized spacial score (nSPS) is 13.5. The van der Waals surface area contributed by atoms with Crippen molar-refractivity contribution in [3.63, 3.8) is 0 Å². The fourth-order valence-corrected chi connectivity index (χ4v) is 2.82. The minimum absolute atomic E-state index is 0.249. The van der Waals surface area contributed by atoms with Crippen LogP contribution >= 0.6 is 0 Å². The first-order chi connectivity index (χ1) is 13.5. The first-order valence-electron chi connectivity index (χ1n) is 8.22. The lowest BCUT2D eigenvalue weighted by Gasteiger charge is -2.19. The molecule has 0 unspecified atom stereocenters. The Morgan fingerprint density at radius 3 is 2.17 bits per heavy atom. The molecule has 29 heavy (non-hydrogen) atoms. The second-order valence-electron chi connectivity index (χ2n) is 6.20. The zero-order valence-electron chi connectivity index (χ0n) is 14.4. The van der Waals surface area contributed by atoms with Crippen molar-refractivity contribution < 1.29 is 35.8 Å². The van der Waals surface area contributed by atoms with Crippen molar-refractivity contribution in [3.05, 3.63) is 71.2 Å². The van der Waals surface area contributed by atoms with E-state index in [1.807, 2.05) is 0 Å². The van der Waals surface area contributed by atoms with Crippen LogP contribution in [0.5, 0.6) is 0 Å². The molecule has 0 aliphatic carbocycles. The lowest BCUT2D eigenvalue weighted by atomic mass is 9.99. The molecule has 2 aromatic carbocycles. The average Bonchev–Trinajstić information content (AvgIpc) is 2.64. The zero-order valence-corrected chi connectivity index (χ0v) is 14.4. The summed E-state index contributed by atoms with van der Waals surface area (Å²) in [6, 6.07) is 8.30. The van der Waals surface area contributed by atoms with Gasteiger partial charge in [0.05, 0.1) is 17.2 Å². The van der Waals surface area contributed by atoms with Crippen LogP contribution in [0.3, 0.4) is 0 Å². The topological polar surface area (TPSA) is 45.1 Å². The van der Waals surface area contributed by atoms with Crippen LogP contribution in [0.1, 0.15) is 22.9 Å². The first kappa shape index (κ1) is 20.8. The van der Waals surface area contributed by atoms with Gasteiger partial charge in [0.25, 0.3) is 0 Å². The molecule has 0 aliphatic heterocycles. The van der Waals surface area contributed by atoms with E-state index in [9.17, 15) is 35.8 Å². The number of pyridine rings is 1. The molecule has 1 aromatic heterocycles. The third-order valence-electron chi connectivity index (χ3n) is 4.17. The highest BCUT2D eigenvalue weighted by Crippen LogP contribution is 2.38. The predicted octanol–water partition coefficient (Wildman–Crippen LogP) is 5.56. The number of halogens is 7. The summed E-state index contributed by atoms with van der Waals surface area (Å²) in [5.74, 6) is -0.509. The van der Waals surface area contributed by atoms with Crippen LogP contribution in [0.25, 0.3) is 10.9 Å². The number of rotatable bonds is 4. The molecule has 0 aliphatic rings. The fraction of sp³-hybridized carbons (Fsp3) is 0.211. The Hall–Kier alpha value is -2.88. The highest BCUT2D eigenvalue weighted by molar-refractivity contribution is 5.86. The van der Waals surface area contributed by atoms with Crippen LogP contribution in [0.2, 0.25) is 0 Å². The van der Waals surface area contributed by atoms with Crippen molar-refractivity contribution in [3.8, 4) is 0 Å². The number of hydrogen-bond donors (Lipinski definition) is 2. The van der Waals surface area contributed by atoms with Crippen molar-refractivity contribution >= 4 is 16.6 Å². The summed E-state index contributed by atoms with van der Waals surface area (Å²) in [6.07, 6.45) is -11.5. The number of benzene rings is 2. The molecule has 10 heteroatoms. The molecule has 0 radical (unpaired) electrons. The summed E-state index contributed by atoms with van der Waals surface area (Å²) < 4.78 is 92.3. The van der Waals surface area contributed by atoms with Gasteiger partial charge in [-0.15, -0.1) is 0 Å². The molecule has 0 fully saturated rings. The molecule has 1 heterocycles. The second kappa shape index (κ2) is 7.51. The van der Waals surface area contributed by atoms with E-state index < -0.39 is 41.0 Å². The fourth-order valence-electron chi connectivity index (χ4n) is 2.82. The Morgan fingerprint density at radius 2 is 1.59 bits per heavy atom. The van der Waals surface area contributed by atoms with Crippen molar-refractivity contribution in [2.45, 2.75) is 18.5 Å². The predicted molar refractivity (Wildman–Crippen MR) is 91.6 cm³/mol. The maximum atomic E-state index is 13.3. The van der Waals surface area contributed by atoms with Crippen LogP contribution in [0.15, 0.2) is 48.5 Å². The number of para-hydroxylation sites is 1. The molecule has 0 saturated carbocycles. The molecule has 0 amide bonds. The van der Waals surface area contributed by atoms with E-state index in [2.05, 4.69) is 10.3 Å². The number of aromatic nitrogens is 1. The number of nitrogens with one attached hydrogen (secondary N) is 1. The monoisotopic (exact) mass is 418 g/mol. The van der Waals surface area contributed by atoms with Crippen LogP contribution in [0, 0.1) is 5.82 Å². The van der Waals surface area contributed by atoms with Crippen LogP contribution < -0.4 is 5.32 Å². The van der Waals surface area contributed by atoms with Crippen molar-refractivity contribution in [2.24, 2.45) is 0 Å². The van der Waals surface area contributed by atoms with Gasteiger partial charge in [-0.25, -0.2) is 9.37 Å². The minimum Gasteiger partial charge on any atom is -0.387 e. The molecule has 3 rings (SSSR count). The van der Waals surface area contributed by atoms with Gasteiger partial charge in [0.15, 0.2) is 0 Å². The third-order valence-corrected chi connectivity index (χ3v) is 4.17. The lowest BCUT2D eigenvalue weighted by Crippen LogP contribution is -2.17. The Morgan fingerprint density at radius 1 is 0.931 bits per heavy atom.